The van der Waals surface area contributed by atoms with Crippen LogP contribution in [0.25, 0.3) is 5.69 Å². The van der Waals surface area contributed by atoms with Crippen molar-refractivity contribution in [1.29, 1.82) is 0 Å². The first-order chi connectivity index (χ1) is 12.7. The molecule has 1 fully saturated rings. The van der Waals surface area contributed by atoms with Gasteiger partial charge in [-0.1, -0.05) is 0 Å². The molecule has 0 bridgehead atoms. The number of rotatable bonds is 2. The van der Waals surface area contributed by atoms with Crippen molar-refractivity contribution in [3.8, 4) is 5.69 Å². The average molecular weight is 387 g/mol. The van der Waals surface area contributed by atoms with E-state index in [9.17, 15) is 26.7 Å². The molecule has 3 heterocycles. The standard InChI is InChI=1S/C17H14F5N3O2/c18-16(19)8-24(9-16)15(26)10-1-3-11(4-2-10)25-13-5-6-27-7-12(13)14(23-25)17(20,21)22/h1-4H,5-9H2. The summed E-state index contributed by atoms with van der Waals surface area (Å²) >= 11 is 0. The minimum atomic E-state index is -4.60. The molecule has 0 atom stereocenters. The minimum absolute atomic E-state index is 0.0108. The molecule has 2 aliphatic heterocycles. The van der Waals surface area contributed by atoms with Crippen LogP contribution >= 0.6 is 0 Å². The fourth-order valence-corrected chi connectivity index (χ4v) is 3.26. The summed E-state index contributed by atoms with van der Waals surface area (Å²) in [5.41, 5.74) is -0.0179. The average Bonchev–Trinajstić information content (AvgIpc) is 2.99. The number of benzene rings is 1. The summed E-state index contributed by atoms with van der Waals surface area (Å²) in [6.45, 7) is -1.13. The van der Waals surface area contributed by atoms with Crippen LogP contribution in [0.15, 0.2) is 24.3 Å². The van der Waals surface area contributed by atoms with Crippen molar-refractivity contribution >= 4 is 5.91 Å². The van der Waals surface area contributed by atoms with Crippen LogP contribution in [-0.2, 0) is 23.9 Å². The van der Waals surface area contributed by atoms with Gasteiger partial charge < -0.3 is 9.64 Å². The zero-order valence-electron chi connectivity index (χ0n) is 13.9. The summed E-state index contributed by atoms with van der Waals surface area (Å²) in [5.74, 6) is -3.40. The Balaban J connectivity index is 1.63. The molecule has 2 aliphatic rings. The fourth-order valence-electron chi connectivity index (χ4n) is 3.26. The number of halogens is 5. The number of alkyl halides is 5. The quantitative estimate of drug-likeness (QED) is 0.745. The van der Waals surface area contributed by atoms with Crippen LogP contribution in [0.4, 0.5) is 22.0 Å². The highest BCUT2D eigenvalue weighted by Gasteiger charge is 2.46. The second-order valence-corrected chi connectivity index (χ2v) is 6.55. The van der Waals surface area contributed by atoms with Gasteiger partial charge in [0.2, 0.25) is 0 Å². The van der Waals surface area contributed by atoms with Crippen molar-refractivity contribution in [3.05, 3.63) is 46.8 Å². The predicted octanol–water partition coefficient (Wildman–Crippen LogP) is 3.05. The third-order valence-electron chi connectivity index (χ3n) is 4.58. The van der Waals surface area contributed by atoms with Crippen molar-refractivity contribution in [1.82, 2.24) is 14.7 Å². The lowest BCUT2D eigenvalue weighted by Gasteiger charge is -2.38. The summed E-state index contributed by atoms with van der Waals surface area (Å²) in [7, 11) is 0. The molecular formula is C17H14F5N3O2. The van der Waals surface area contributed by atoms with E-state index in [4.69, 9.17) is 4.74 Å². The van der Waals surface area contributed by atoms with E-state index < -0.39 is 36.8 Å². The van der Waals surface area contributed by atoms with Gasteiger partial charge in [0.1, 0.15) is 0 Å². The number of fused-ring (bicyclic) bond motifs is 1. The fraction of sp³-hybridized carbons (Fsp3) is 0.412. The van der Waals surface area contributed by atoms with Gasteiger partial charge in [0.15, 0.2) is 5.69 Å². The van der Waals surface area contributed by atoms with Crippen molar-refractivity contribution in [2.45, 2.75) is 25.1 Å². The number of amides is 1. The summed E-state index contributed by atoms with van der Waals surface area (Å²) in [4.78, 5) is 13.2. The lowest BCUT2D eigenvalue weighted by molar-refractivity contribution is -0.142. The van der Waals surface area contributed by atoms with Crippen LogP contribution < -0.4 is 0 Å². The van der Waals surface area contributed by atoms with Crippen LogP contribution in [0, 0.1) is 0 Å². The van der Waals surface area contributed by atoms with E-state index in [0.29, 0.717) is 11.4 Å². The maximum Gasteiger partial charge on any atom is 0.435 e. The summed E-state index contributed by atoms with van der Waals surface area (Å²) in [6.07, 6.45) is -4.32. The van der Waals surface area contributed by atoms with E-state index >= 15 is 0 Å². The van der Waals surface area contributed by atoms with Crippen molar-refractivity contribution in [3.63, 3.8) is 0 Å². The van der Waals surface area contributed by atoms with Crippen LogP contribution in [0.1, 0.15) is 27.3 Å². The number of carbonyl (C=O) groups is 1. The monoisotopic (exact) mass is 387 g/mol. The lowest BCUT2D eigenvalue weighted by Crippen LogP contribution is -2.58. The molecule has 0 radical (unpaired) electrons. The molecule has 1 saturated heterocycles. The third-order valence-corrected chi connectivity index (χ3v) is 4.58. The Kier molecular flexibility index (Phi) is 3.99. The Morgan fingerprint density at radius 2 is 1.81 bits per heavy atom. The molecule has 0 unspecified atom stereocenters. The molecular weight excluding hydrogens is 373 g/mol. The van der Waals surface area contributed by atoms with E-state index in [1.54, 1.807) is 0 Å². The maximum absolute atomic E-state index is 13.2. The summed E-state index contributed by atoms with van der Waals surface area (Å²) in [5, 5.41) is 3.71. The molecule has 0 saturated carbocycles. The second-order valence-electron chi connectivity index (χ2n) is 6.55. The van der Waals surface area contributed by atoms with Crippen molar-refractivity contribution in [2.75, 3.05) is 19.7 Å². The molecule has 1 aromatic carbocycles. The van der Waals surface area contributed by atoms with Gasteiger partial charge >= 0.3 is 6.18 Å². The molecule has 1 amide bonds. The van der Waals surface area contributed by atoms with Crippen molar-refractivity contribution < 1.29 is 31.5 Å². The number of hydrogen-bond acceptors (Lipinski definition) is 3. The van der Waals surface area contributed by atoms with Crippen LogP contribution in [0.5, 0.6) is 0 Å². The highest BCUT2D eigenvalue weighted by atomic mass is 19.4. The van der Waals surface area contributed by atoms with Gasteiger partial charge in [0.05, 0.1) is 37.7 Å². The number of aromatic nitrogens is 2. The first-order valence-corrected chi connectivity index (χ1v) is 8.19. The highest BCUT2D eigenvalue weighted by molar-refractivity contribution is 5.95. The molecule has 0 spiro atoms. The molecule has 4 rings (SSSR count). The van der Waals surface area contributed by atoms with Gasteiger partial charge in [0, 0.05) is 17.5 Å². The normalized spacial score (nSPS) is 18.8. The van der Waals surface area contributed by atoms with Gasteiger partial charge in [-0.25, -0.2) is 13.5 Å². The largest absolute Gasteiger partial charge is 0.435 e. The molecule has 27 heavy (non-hydrogen) atoms. The van der Waals surface area contributed by atoms with E-state index in [1.807, 2.05) is 0 Å². The summed E-state index contributed by atoms with van der Waals surface area (Å²) < 4.78 is 71.8. The maximum atomic E-state index is 13.2. The number of carbonyl (C=O) groups excluding carboxylic acids is 1. The second kappa shape index (κ2) is 6.01. The Morgan fingerprint density at radius 3 is 2.41 bits per heavy atom. The molecule has 0 N–H and O–H groups in total. The highest BCUT2D eigenvalue weighted by Crippen LogP contribution is 2.35. The topological polar surface area (TPSA) is 47.4 Å². The zero-order valence-corrected chi connectivity index (χ0v) is 13.9. The van der Waals surface area contributed by atoms with Gasteiger partial charge in [-0.05, 0) is 24.3 Å². The molecule has 1 aromatic heterocycles. The Hall–Kier alpha value is -2.49. The molecule has 10 heteroatoms. The SMILES string of the molecule is O=C(c1ccc(-n2nc(C(F)(F)F)c3c2CCOC3)cc1)N1CC(F)(F)C1. The van der Waals surface area contributed by atoms with Gasteiger partial charge in [-0.15, -0.1) is 0 Å². The van der Waals surface area contributed by atoms with Crippen LogP contribution in [-0.4, -0.2) is 46.2 Å². The predicted molar refractivity (Wildman–Crippen MR) is 82.8 cm³/mol. The number of hydrogen-bond donors (Lipinski definition) is 0. The minimum Gasteiger partial charge on any atom is -0.376 e. The lowest BCUT2D eigenvalue weighted by atomic mass is 10.1. The number of nitrogens with zero attached hydrogens (tertiary/aromatic N) is 3. The Bertz CT molecular complexity index is 881. The van der Waals surface area contributed by atoms with Crippen LogP contribution in [0.3, 0.4) is 0 Å². The Morgan fingerprint density at radius 1 is 1.15 bits per heavy atom. The molecule has 144 valence electrons. The Labute approximate surface area is 150 Å². The van der Waals surface area contributed by atoms with Crippen LogP contribution in [0.2, 0.25) is 0 Å². The van der Waals surface area contributed by atoms with E-state index in [0.717, 1.165) is 4.90 Å². The number of likely N-dealkylation sites (tertiary alicyclic amines) is 1. The van der Waals surface area contributed by atoms with Gasteiger partial charge in [0.25, 0.3) is 11.8 Å². The smallest absolute Gasteiger partial charge is 0.376 e. The van der Waals surface area contributed by atoms with E-state index in [2.05, 4.69) is 5.10 Å². The van der Waals surface area contributed by atoms with Gasteiger partial charge in [-0.3, -0.25) is 4.79 Å². The molecule has 5 nitrogen and oxygen atoms in total. The van der Waals surface area contributed by atoms with Gasteiger partial charge in [-0.2, -0.15) is 18.3 Å². The summed E-state index contributed by atoms with van der Waals surface area (Å²) in [6, 6.07) is 5.70. The van der Waals surface area contributed by atoms with E-state index in [1.165, 1.54) is 28.9 Å². The van der Waals surface area contributed by atoms with E-state index in [-0.39, 0.29) is 30.8 Å². The first kappa shape index (κ1) is 17.9. The number of ether oxygens (including phenoxy) is 1. The van der Waals surface area contributed by atoms with Crippen molar-refractivity contribution in [2.24, 2.45) is 0 Å². The first-order valence-electron chi connectivity index (χ1n) is 8.19. The molecule has 0 aliphatic carbocycles. The third kappa shape index (κ3) is 3.18. The molecule has 2 aromatic rings. The zero-order chi connectivity index (χ0) is 19.4.